The predicted molar refractivity (Wildman–Crippen MR) is 91.7 cm³/mol. The first-order chi connectivity index (χ1) is 10.5. The molecule has 0 fully saturated rings. The summed E-state index contributed by atoms with van der Waals surface area (Å²) < 4.78 is 0. The molecule has 0 saturated carbocycles. The molecule has 0 bridgehead atoms. The molecule has 112 valence electrons. The van der Waals surface area contributed by atoms with Crippen LogP contribution >= 0.6 is 23.2 Å². The minimum Gasteiger partial charge on any atom is -0.383 e. The number of carbonyl (C=O) groups excluding carboxylic acids is 1. The van der Waals surface area contributed by atoms with Crippen molar-refractivity contribution in [2.45, 2.75) is 0 Å². The third-order valence-electron chi connectivity index (χ3n) is 3.38. The molecule has 0 radical (unpaired) electrons. The summed E-state index contributed by atoms with van der Waals surface area (Å²) in [6, 6.07) is 12.7. The fourth-order valence-corrected chi connectivity index (χ4v) is 2.88. The highest BCUT2D eigenvalue weighted by molar-refractivity contribution is 6.37. The number of carbonyl (C=O) groups is 1. The second kappa shape index (κ2) is 5.67. The van der Waals surface area contributed by atoms with E-state index in [4.69, 9.17) is 23.2 Å². The van der Waals surface area contributed by atoms with E-state index in [9.17, 15) is 4.79 Å². The highest BCUT2D eigenvalue weighted by Gasteiger charge is 2.33. The lowest BCUT2D eigenvalue weighted by atomic mass is 10.1. The molecule has 22 heavy (non-hydrogen) atoms. The van der Waals surface area contributed by atoms with Gasteiger partial charge in [0.2, 0.25) is 0 Å². The molecule has 1 heterocycles. The Labute approximate surface area is 139 Å². The van der Waals surface area contributed by atoms with Crippen LogP contribution in [0.3, 0.4) is 0 Å². The predicted octanol–water partition coefficient (Wildman–Crippen LogP) is 4.57. The van der Waals surface area contributed by atoms with Crippen LogP contribution in [0.1, 0.15) is 5.56 Å². The number of nitrogens with zero attached hydrogens (tertiary/aromatic N) is 2. The fourth-order valence-electron chi connectivity index (χ4n) is 2.52. The van der Waals surface area contributed by atoms with Gasteiger partial charge in [0.05, 0.1) is 16.9 Å². The summed E-state index contributed by atoms with van der Waals surface area (Å²) in [4.78, 5) is 16.4. The van der Waals surface area contributed by atoms with Gasteiger partial charge in [-0.2, -0.15) is 0 Å². The average Bonchev–Trinajstić information content (AvgIpc) is 2.71. The van der Waals surface area contributed by atoms with E-state index in [1.807, 2.05) is 49.5 Å². The van der Waals surface area contributed by atoms with Crippen molar-refractivity contribution in [3.05, 3.63) is 64.3 Å². The van der Waals surface area contributed by atoms with E-state index in [0.29, 0.717) is 15.6 Å². The molecule has 3 rings (SSSR count). The third kappa shape index (κ3) is 2.58. The first-order valence-corrected chi connectivity index (χ1v) is 7.51. The number of rotatable bonds is 2. The van der Waals surface area contributed by atoms with Crippen LogP contribution < -0.4 is 4.90 Å². The minimum absolute atomic E-state index is 0.0896. The van der Waals surface area contributed by atoms with E-state index < -0.39 is 0 Å². The van der Waals surface area contributed by atoms with Gasteiger partial charge in [-0.1, -0.05) is 29.3 Å². The fraction of sp³-hybridized carbons (Fsp3) is 0.118. The summed E-state index contributed by atoms with van der Waals surface area (Å²) >= 11 is 12.2. The Balaban J connectivity index is 2.20. The van der Waals surface area contributed by atoms with Crippen LogP contribution in [0.2, 0.25) is 10.0 Å². The van der Waals surface area contributed by atoms with Gasteiger partial charge in [-0.3, -0.25) is 9.69 Å². The van der Waals surface area contributed by atoms with Gasteiger partial charge in [-0.15, -0.1) is 0 Å². The Morgan fingerprint density at radius 1 is 1.05 bits per heavy atom. The van der Waals surface area contributed by atoms with Crippen molar-refractivity contribution in [3.8, 4) is 0 Å². The van der Waals surface area contributed by atoms with Crippen molar-refractivity contribution in [3.63, 3.8) is 0 Å². The number of halogens is 2. The van der Waals surface area contributed by atoms with Crippen LogP contribution in [0, 0.1) is 0 Å². The molecule has 1 aliphatic rings. The monoisotopic (exact) mass is 332 g/mol. The summed E-state index contributed by atoms with van der Waals surface area (Å²) in [5.41, 5.74) is 2.99. The zero-order valence-electron chi connectivity index (χ0n) is 12.2. The average molecular weight is 333 g/mol. The second-order valence-corrected chi connectivity index (χ2v) is 6.16. The van der Waals surface area contributed by atoms with Gasteiger partial charge >= 0.3 is 0 Å². The van der Waals surface area contributed by atoms with E-state index in [2.05, 4.69) is 0 Å². The molecule has 2 aromatic carbocycles. The third-order valence-corrected chi connectivity index (χ3v) is 3.85. The SMILES string of the molecule is CN(C)/C=C1\C(=O)N(c2cccc(Cl)c2)c2ccc(Cl)cc21. The number of fused-ring (bicyclic) bond motifs is 1. The number of amides is 1. The Morgan fingerprint density at radius 3 is 2.45 bits per heavy atom. The van der Waals surface area contributed by atoms with Gasteiger partial charge in [-0.25, -0.2) is 0 Å². The second-order valence-electron chi connectivity index (χ2n) is 5.29. The van der Waals surface area contributed by atoms with Gasteiger partial charge in [0, 0.05) is 35.9 Å². The Kier molecular flexibility index (Phi) is 3.85. The quantitative estimate of drug-likeness (QED) is 0.752. The number of hydrogen-bond donors (Lipinski definition) is 0. The number of anilines is 2. The smallest absolute Gasteiger partial charge is 0.265 e. The Bertz CT molecular complexity index is 784. The molecule has 3 nitrogen and oxygen atoms in total. The maximum Gasteiger partial charge on any atom is 0.265 e. The van der Waals surface area contributed by atoms with Crippen molar-refractivity contribution in [2.75, 3.05) is 19.0 Å². The summed E-state index contributed by atoms with van der Waals surface area (Å²) in [7, 11) is 3.76. The lowest BCUT2D eigenvalue weighted by Crippen LogP contribution is -2.21. The van der Waals surface area contributed by atoms with Gasteiger partial charge in [0.25, 0.3) is 5.91 Å². The molecule has 0 aromatic heterocycles. The van der Waals surface area contributed by atoms with E-state index >= 15 is 0 Å². The lowest BCUT2D eigenvalue weighted by Gasteiger charge is -2.17. The van der Waals surface area contributed by atoms with Crippen molar-refractivity contribution >= 4 is 46.1 Å². The maximum absolute atomic E-state index is 12.9. The van der Waals surface area contributed by atoms with Crippen LogP contribution in [-0.4, -0.2) is 24.9 Å². The first-order valence-electron chi connectivity index (χ1n) is 6.75. The standard InChI is InChI=1S/C17H14Cl2N2O/c1-20(2)10-15-14-9-12(19)6-7-16(14)21(17(15)22)13-5-3-4-11(18)8-13/h3-10H,1-2H3/b15-10-. The Morgan fingerprint density at radius 2 is 1.77 bits per heavy atom. The summed E-state index contributed by atoms with van der Waals surface area (Å²) in [5.74, 6) is -0.0896. The highest BCUT2D eigenvalue weighted by atomic mass is 35.5. The van der Waals surface area contributed by atoms with Crippen LogP contribution in [0.25, 0.3) is 5.57 Å². The highest BCUT2D eigenvalue weighted by Crippen LogP contribution is 2.43. The first kappa shape index (κ1) is 14.9. The molecular formula is C17H14Cl2N2O. The normalized spacial score (nSPS) is 15.4. The topological polar surface area (TPSA) is 23.6 Å². The van der Waals surface area contributed by atoms with Crippen LogP contribution in [0.15, 0.2) is 48.7 Å². The van der Waals surface area contributed by atoms with E-state index in [-0.39, 0.29) is 5.91 Å². The van der Waals surface area contributed by atoms with Crippen LogP contribution in [0.5, 0.6) is 0 Å². The summed E-state index contributed by atoms with van der Waals surface area (Å²) in [6.07, 6.45) is 1.81. The zero-order chi connectivity index (χ0) is 15.9. The minimum atomic E-state index is -0.0896. The maximum atomic E-state index is 12.9. The molecule has 0 aliphatic carbocycles. The number of benzene rings is 2. The molecule has 0 N–H and O–H groups in total. The van der Waals surface area contributed by atoms with Crippen molar-refractivity contribution in [1.82, 2.24) is 4.90 Å². The summed E-state index contributed by atoms with van der Waals surface area (Å²) in [6.45, 7) is 0. The van der Waals surface area contributed by atoms with E-state index in [1.54, 1.807) is 23.1 Å². The van der Waals surface area contributed by atoms with Crippen molar-refractivity contribution < 1.29 is 4.79 Å². The molecule has 1 amide bonds. The van der Waals surface area contributed by atoms with Gasteiger partial charge in [0.15, 0.2) is 0 Å². The molecule has 1 aliphatic heterocycles. The van der Waals surface area contributed by atoms with Gasteiger partial charge < -0.3 is 4.90 Å². The lowest BCUT2D eigenvalue weighted by molar-refractivity contribution is -0.112. The van der Waals surface area contributed by atoms with E-state index in [1.165, 1.54) is 0 Å². The Hall–Kier alpha value is -1.97. The zero-order valence-corrected chi connectivity index (χ0v) is 13.7. The van der Waals surface area contributed by atoms with Crippen molar-refractivity contribution in [1.29, 1.82) is 0 Å². The molecular weight excluding hydrogens is 319 g/mol. The number of hydrogen-bond acceptors (Lipinski definition) is 2. The largest absolute Gasteiger partial charge is 0.383 e. The molecule has 2 aromatic rings. The molecule has 5 heteroatoms. The summed E-state index contributed by atoms with van der Waals surface area (Å²) in [5, 5.41) is 1.19. The molecule has 0 spiro atoms. The van der Waals surface area contributed by atoms with Gasteiger partial charge in [-0.05, 0) is 36.4 Å². The van der Waals surface area contributed by atoms with Crippen molar-refractivity contribution in [2.24, 2.45) is 0 Å². The van der Waals surface area contributed by atoms with Gasteiger partial charge in [0.1, 0.15) is 0 Å². The molecule has 0 saturated heterocycles. The van der Waals surface area contributed by atoms with Crippen LogP contribution in [0.4, 0.5) is 11.4 Å². The van der Waals surface area contributed by atoms with E-state index in [0.717, 1.165) is 16.9 Å². The molecule has 0 unspecified atom stereocenters. The van der Waals surface area contributed by atoms with Crippen LogP contribution in [-0.2, 0) is 4.79 Å². The molecule has 0 atom stereocenters.